The molecule has 0 aromatic heterocycles. The zero-order valence-electron chi connectivity index (χ0n) is 21.2. The number of thioether (sulfide) groups is 2. The van der Waals surface area contributed by atoms with Crippen LogP contribution in [0.2, 0.25) is 0 Å². The molecular formula is C30H29N3O3S2. The minimum absolute atomic E-state index is 0.0661. The van der Waals surface area contributed by atoms with E-state index in [0.717, 1.165) is 26.9 Å². The highest BCUT2D eigenvalue weighted by molar-refractivity contribution is 8.00. The lowest BCUT2D eigenvalue weighted by molar-refractivity contribution is -0.115. The van der Waals surface area contributed by atoms with E-state index in [2.05, 4.69) is 28.9 Å². The van der Waals surface area contributed by atoms with Gasteiger partial charge in [0.15, 0.2) is 0 Å². The van der Waals surface area contributed by atoms with Crippen LogP contribution < -0.4 is 20.3 Å². The average Bonchev–Trinajstić information content (AvgIpc) is 2.95. The molecule has 6 nitrogen and oxygen atoms in total. The molecule has 3 aromatic rings. The van der Waals surface area contributed by atoms with Crippen LogP contribution in [0.5, 0.6) is 5.75 Å². The van der Waals surface area contributed by atoms with Crippen LogP contribution in [-0.4, -0.2) is 35.6 Å². The second-order valence-corrected chi connectivity index (χ2v) is 11.4. The van der Waals surface area contributed by atoms with Gasteiger partial charge in [0, 0.05) is 21.2 Å². The summed E-state index contributed by atoms with van der Waals surface area (Å²) in [5.74, 6) is 0.671. The Hall–Kier alpha value is -3.62. The Morgan fingerprint density at radius 3 is 2.55 bits per heavy atom. The number of anilines is 3. The number of hydrogen-bond acceptors (Lipinski definition) is 5. The molecule has 1 aliphatic carbocycles. The fourth-order valence-corrected chi connectivity index (χ4v) is 6.71. The van der Waals surface area contributed by atoms with Crippen LogP contribution in [-0.2, 0) is 4.79 Å². The number of ether oxygens (including phenoxy) is 1. The summed E-state index contributed by atoms with van der Waals surface area (Å²) in [4.78, 5) is 30.4. The van der Waals surface area contributed by atoms with Crippen molar-refractivity contribution in [2.24, 2.45) is 0 Å². The number of rotatable bonds is 7. The van der Waals surface area contributed by atoms with Gasteiger partial charge in [0.2, 0.25) is 5.91 Å². The molecule has 3 unspecified atom stereocenters. The van der Waals surface area contributed by atoms with E-state index in [0.29, 0.717) is 12.1 Å². The van der Waals surface area contributed by atoms with E-state index in [-0.39, 0.29) is 28.5 Å². The van der Waals surface area contributed by atoms with Crippen LogP contribution in [0.1, 0.15) is 13.3 Å². The average molecular weight is 544 g/mol. The highest BCUT2D eigenvalue weighted by Crippen LogP contribution is 2.43. The Balaban J connectivity index is 1.29. The highest BCUT2D eigenvalue weighted by Gasteiger charge is 2.36. The van der Waals surface area contributed by atoms with Crippen molar-refractivity contribution in [1.82, 2.24) is 0 Å². The summed E-state index contributed by atoms with van der Waals surface area (Å²) in [5, 5.41) is 5.96. The quantitative estimate of drug-likeness (QED) is 0.308. The standard InChI is InChI=1S/C30H29N3O3S2/c1-3-26(29(34)31-20-15-17-22(36-2)18-16-20)37-23-10-8-9-21(19-23)32-30(35)33-24-11-4-6-13-27(24)38-28-14-7-5-12-25(28)33/h4-19,24,26-27H,3H2,1-2H3,(H,31,34)(H,32,35). The Morgan fingerprint density at radius 2 is 1.76 bits per heavy atom. The first kappa shape index (κ1) is 26.0. The molecular weight excluding hydrogens is 514 g/mol. The zero-order valence-corrected chi connectivity index (χ0v) is 22.8. The maximum absolute atomic E-state index is 13.6. The summed E-state index contributed by atoms with van der Waals surface area (Å²) in [5.41, 5.74) is 2.32. The number of urea groups is 1. The van der Waals surface area contributed by atoms with Crippen molar-refractivity contribution < 1.29 is 14.3 Å². The lowest BCUT2D eigenvalue weighted by Gasteiger charge is -2.40. The minimum atomic E-state index is -0.283. The molecule has 3 atom stereocenters. The predicted octanol–water partition coefficient (Wildman–Crippen LogP) is 7.21. The van der Waals surface area contributed by atoms with E-state index in [4.69, 9.17) is 4.74 Å². The van der Waals surface area contributed by atoms with Crippen molar-refractivity contribution in [1.29, 1.82) is 0 Å². The van der Waals surface area contributed by atoms with Gasteiger partial charge in [0.1, 0.15) is 5.75 Å². The molecule has 2 N–H and O–H groups in total. The lowest BCUT2D eigenvalue weighted by atomic mass is 10.1. The first-order valence-electron chi connectivity index (χ1n) is 12.5. The molecule has 38 heavy (non-hydrogen) atoms. The van der Waals surface area contributed by atoms with Gasteiger partial charge in [-0.05, 0) is 61.0 Å². The summed E-state index contributed by atoms with van der Waals surface area (Å²) < 4.78 is 5.19. The number of methoxy groups -OCH3 is 1. The van der Waals surface area contributed by atoms with Crippen molar-refractivity contribution in [2.75, 3.05) is 22.6 Å². The predicted molar refractivity (Wildman–Crippen MR) is 158 cm³/mol. The van der Waals surface area contributed by atoms with Crippen LogP contribution in [0.25, 0.3) is 0 Å². The van der Waals surface area contributed by atoms with Gasteiger partial charge in [-0.1, -0.05) is 49.4 Å². The number of fused-ring (bicyclic) bond motifs is 2. The second-order valence-electron chi connectivity index (χ2n) is 8.87. The Labute approximate surface area is 231 Å². The molecule has 1 aliphatic heterocycles. The molecule has 0 bridgehead atoms. The van der Waals surface area contributed by atoms with Crippen molar-refractivity contribution in [3.8, 4) is 5.75 Å². The van der Waals surface area contributed by atoms with Crippen LogP contribution in [0.15, 0.2) is 107 Å². The van der Waals surface area contributed by atoms with Crippen LogP contribution in [0, 0.1) is 0 Å². The first-order chi connectivity index (χ1) is 18.6. The summed E-state index contributed by atoms with van der Waals surface area (Å²) in [7, 11) is 1.61. The molecule has 0 saturated carbocycles. The monoisotopic (exact) mass is 543 g/mol. The Bertz CT molecular complexity index is 1370. The third-order valence-electron chi connectivity index (χ3n) is 6.35. The third kappa shape index (κ3) is 5.76. The van der Waals surface area contributed by atoms with Gasteiger partial charge in [-0.3, -0.25) is 9.69 Å². The van der Waals surface area contributed by atoms with Crippen LogP contribution in [0.3, 0.4) is 0 Å². The number of para-hydroxylation sites is 1. The third-order valence-corrected chi connectivity index (χ3v) is 9.01. The number of carbonyl (C=O) groups excluding carboxylic acids is 2. The summed E-state index contributed by atoms with van der Waals surface area (Å²) in [6.07, 6.45) is 8.91. The van der Waals surface area contributed by atoms with E-state index >= 15 is 0 Å². The normalized spacial score (nSPS) is 18.2. The van der Waals surface area contributed by atoms with Gasteiger partial charge < -0.3 is 15.4 Å². The van der Waals surface area contributed by atoms with Gasteiger partial charge in [-0.2, -0.15) is 0 Å². The maximum Gasteiger partial charge on any atom is 0.326 e. The summed E-state index contributed by atoms with van der Waals surface area (Å²) >= 11 is 3.26. The number of nitrogens with zero attached hydrogens (tertiary/aromatic N) is 1. The van der Waals surface area contributed by atoms with E-state index in [9.17, 15) is 9.59 Å². The van der Waals surface area contributed by atoms with Crippen molar-refractivity contribution >= 4 is 52.5 Å². The van der Waals surface area contributed by atoms with E-state index in [1.54, 1.807) is 18.9 Å². The Kier molecular flexibility index (Phi) is 8.10. The van der Waals surface area contributed by atoms with Crippen LogP contribution in [0.4, 0.5) is 21.9 Å². The molecule has 0 radical (unpaired) electrons. The summed E-state index contributed by atoms with van der Waals surface area (Å²) in [6, 6.07) is 22.7. The molecule has 3 aromatic carbocycles. The molecule has 194 valence electrons. The van der Waals surface area contributed by atoms with Crippen molar-refractivity contribution in [3.05, 3.63) is 97.1 Å². The van der Waals surface area contributed by atoms with Gasteiger partial charge in [0.25, 0.3) is 0 Å². The smallest absolute Gasteiger partial charge is 0.326 e. The van der Waals surface area contributed by atoms with E-state index in [1.165, 1.54) is 11.8 Å². The molecule has 0 saturated heterocycles. The number of allylic oxidation sites excluding steroid dienone is 2. The first-order valence-corrected chi connectivity index (χ1v) is 14.2. The number of nitrogens with one attached hydrogen (secondary N) is 2. The number of hydrogen-bond donors (Lipinski definition) is 2. The SMILES string of the molecule is CCC(Sc1cccc(NC(=O)N2c3ccccc3SC3C=CC=CC32)c1)C(=O)Nc1ccc(OC)cc1. The Morgan fingerprint density at radius 1 is 0.974 bits per heavy atom. The van der Waals surface area contributed by atoms with Gasteiger partial charge >= 0.3 is 6.03 Å². The number of amides is 3. The molecule has 5 rings (SSSR count). The highest BCUT2D eigenvalue weighted by atomic mass is 32.2. The van der Waals surface area contributed by atoms with E-state index < -0.39 is 0 Å². The van der Waals surface area contributed by atoms with Crippen molar-refractivity contribution in [2.45, 2.75) is 39.7 Å². The number of carbonyl (C=O) groups is 2. The largest absolute Gasteiger partial charge is 0.497 e. The lowest BCUT2D eigenvalue weighted by Crippen LogP contribution is -2.49. The molecule has 0 spiro atoms. The molecule has 0 fully saturated rings. The molecule has 8 heteroatoms. The number of benzene rings is 3. The fraction of sp³-hybridized carbons (Fsp3) is 0.200. The topological polar surface area (TPSA) is 70.7 Å². The molecule has 1 heterocycles. The second kappa shape index (κ2) is 11.8. The van der Waals surface area contributed by atoms with Gasteiger partial charge in [-0.25, -0.2) is 4.79 Å². The minimum Gasteiger partial charge on any atom is -0.497 e. The maximum atomic E-state index is 13.6. The van der Waals surface area contributed by atoms with Gasteiger partial charge in [-0.15, -0.1) is 23.5 Å². The van der Waals surface area contributed by atoms with Gasteiger partial charge in [0.05, 0.1) is 29.3 Å². The fourth-order valence-electron chi connectivity index (χ4n) is 4.44. The van der Waals surface area contributed by atoms with Crippen LogP contribution >= 0.6 is 23.5 Å². The zero-order chi connectivity index (χ0) is 26.5. The molecule has 2 aliphatic rings. The van der Waals surface area contributed by atoms with E-state index in [1.807, 2.05) is 90.7 Å². The summed E-state index contributed by atoms with van der Waals surface area (Å²) in [6.45, 7) is 1.99. The molecule has 3 amide bonds. The van der Waals surface area contributed by atoms with Crippen molar-refractivity contribution in [3.63, 3.8) is 0 Å².